The number of alkyl halides is 3. The lowest BCUT2D eigenvalue weighted by molar-refractivity contribution is -0.192. The third kappa shape index (κ3) is 7.50. The van der Waals surface area contributed by atoms with Gasteiger partial charge in [0.2, 0.25) is 0 Å². The largest absolute Gasteiger partial charge is 0.490 e. The zero-order valence-electron chi connectivity index (χ0n) is 19.6. The monoisotopic (exact) mass is 493 g/mol. The molecule has 0 unspecified atom stereocenters. The first-order chi connectivity index (χ1) is 16.6. The highest BCUT2D eigenvalue weighted by Crippen LogP contribution is 2.35. The number of hydrogen-bond acceptors (Lipinski definition) is 5. The predicted octanol–water partition coefficient (Wildman–Crippen LogP) is 3.78. The zero-order chi connectivity index (χ0) is 25.5. The Labute approximate surface area is 202 Å². The summed E-state index contributed by atoms with van der Waals surface area (Å²) < 4.78 is 37.7. The summed E-state index contributed by atoms with van der Waals surface area (Å²) >= 11 is 0. The lowest BCUT2D eigenvalue weighted by Gasteiger charge is -2.42. The molecule has 35 heavy (non-hydrogen) atoms. The highest BCUT2D eigenvalue weighted by Gasteiger charge is 2.39. The zero-order valence-corrected chi connectivity index (χ0v) is 19.6. The van der Waals surface area contributed by atoms with Gasteiger partial charge in [-0.2, -0.15) is 13.2 Å². The van der Waals surface area contributed by atoms with Crippen LogP contribution < -0.4 is 0 Å². The highest BCUT2D eigenvalue weighted by molar-refractivity contribution is 5.95. The topological polar surface area (TPSA) is 83.0 Å². The summed E-state index contributed by atoms with van der Waals surface area (Å²) in [5.74, 6) is -2.60. The van der Waals surface area contributed by atoms with Gasteiger partial charge < -0.3 is 14.7 Å². The molecule has 0 radical (unpaired) electrons. The van der Waals surface area contributed by atoms with E-state index in [1.165, 1.54) is 5.56 Å². The van der Waals surface area contributed by atoms with Crippen molar-refractivity contribution in [2.75, 3.05) is 39.4 Å². The predicted molar refractivity (Wildman–Crippen MR) is 123 cm³/mol. The van der Waals surface area contributed by atoms with E-state index in [1.54, 1.807) is 0 Å². The Hall–Kier alpha value is -2.98. The molecule has 1 N–H and O–H groups in total. The molecule has 1 spiro atoms. The standard InChI is InChI=1S/C23H29N3O2.C2HF3O2/c1-19-5-2-3-7-21(19)22(27)26-11-8-23(9-12-26)17-25(13-14-28-18-23)16-20-6-4-10-24-15-20;3-2(4,5)1(6)7/h2-7,10,15H,8-9,11-14,16-18H2,1H3;(H,6,7). The first-order valence-corrected chi connectivity index (χ1v) is 11.4. The summed E-state index contributed by atoms with van der Waals surface area (Å²) in [7, 11) is 0. The van der Waals surface area contributed by atoms with Crippen molar-refractivity contribution in [3.8, 4) is 0 Å². The van der Waals surface area contributed by atoms with E-state index in [1.807, 2.05) is 54.5 Å². The molecule has 1 amide bonds. The van der Waals surface area contributed by atoms with E-state index < -0.39 is 12.1 Å². The fraction of sp³-hybridized carbons (Fsp3) is 0.480. The van der Waals surface area contributed by atoms with Crippen molar-refractivity contribution in [2.45, 2.75) is 32.5 Å². The maximum atomic E-state index is 12.9. The molecule has 2 aliphatic rings. The first-order valence-electron chi connectivity index (χ1n) is 11.4. The smallest absolute Gasteiger partial charge is 0.475 e. The molecular formula is C25H30F3N3O4. The minimum Gasteiger partial charge on any atom is -0.475 e. The van der Waals surface area contributed by atoms with Crippen LogP contribution in [0.2, 0.25) is 0 Å². The molecule has 190 valence electrons. The molecule has 2 fully saturated rings. The van der Waals surface area contributed by atoms with Crippen molar-refractivity contribution in [2.24, 2.45) is 5.41 Å². The van der Waals surface area contributed by atoms with Gasteiger partial charge in [-0.15, -0.1) is 0 Å². The molecule has 7 nitrogen and oxygen atoms in total. The molecule has 2 aliphatic heterocycles. The maximum Gasteiger partial charge on any atom is 0.490 e. The number of amides is 1. The Balaban J connectivity index is 0.000000429. The normalized spacial score (nSPS) is 18.3. The minimum atomic E-state index is -5.08. The van der Waals surface area contributed by atoms with Crippen LogP contribution in [-0.4, -0.2) is 77.3 Å². The molecular weight excluding hydrogens is 463 g/mol. The molecule has 1 aromatic heterocycles. The van der Waals surface area contributed by atoms with Crippen LogP contribution in [0.15, 0.2) is 48.8 Å². The van der Waals surface area contributed by atoms with Gasteiger partial charge in [0.1, 0.15) is 0 Å². The number of nitrogens with zero attached hydrogens (tertiary/aromatic N) is 3. The summed E-state index contributed by atoms with van der Waals surface area (Å²) in [5.41, 5.74) is 3.26. The number of rotatable bonds is 3. The van der Waals surface area contributed by atoms with Crippen LogP contribution in [0.5, 0.6) is 0 Å². The van der Waals surface area contributed by atoms with Crippen molar-refractivity contribution in [3.05, 3.63) is 65.5 Å². The van der Waals surface area contributed by atoms with E-state index in [0.717, 1.165) is 69.9 Å². The molecule has 2 saturated heterocycles. The Morgan fingerprint density at radius 2 is 1.80 bits per heavy atom. The number of likely N-dealkylation sites (tertiary alicyclic amines) is 1. The van der Waals surface area contributed by atoms with Gasteiger partial charge in [-0.3, -0.25) is 14.7 Å². The lowest BCUT2D eigenvalue weighted by Crippen LogP contribution is -2.48. The number of aliphatic carboxylic acids is 1. The van der Waals surface area contributed by atoms with Crippen LogP contribution in [0, 0.1) is 12.3 Å². The van der Waals surface area contributed by atoms with Gasteiger partial charge >= 0.3 is 12.1 Å². The number of ether oxygens (including phenoxy) is 1. The van der Waals surface area contributed by atoms with Gasteiger partial charge in [-0.05, 0) is 43.0 Å². The van der Waals surface area contributed by atoms with E-state index in [0.29, 0.717) is 0 Å². The molecule has 3 heterocycles. The summed E-state index contributed by atoms with van der Waals surface area (Å²) in [6, 6.07) is 12.0. The molecule has 0 aliphatic carbocycles. The number of pyridine rings is 1. The van der Waals surface area contributed by atoms with Crippen LogP contribution >= 0.6 is 0 Å². The molecule has 10 heteroatoms. The lowest BCUT2D eigenvalue weighted by atomic mass is 9.78. The molecule has 0 bridgehead atoms. The number of hydrogen-bond donors (Lipinski definition) is 1. The second-order valence-electron chi connectivity index (χ2n) is 9.03. The number of benzene rings is 1. The Bertz CT molecular complexity index is 993. The van der Waals surface area contributed by atoms with Crippen molar-refractivity contribution in [1.29, 1.82) is 0 Å². The van der Waals surface area contributed by atoms with E-state index in [4.69, 9.17) is 14.6 Å². The van der Waals surface area contributed by atoms with Crippen molar-refractivity contribution >= 4 is 11.9 Å². The van der Waals surface area contributed by atoms with Gasteiger partial charge in [-0.25, -0.2) is 4.79 Å². The Morgan fingerprint density at radius 1 is 1.11 bits per heavy atom. The van der Waals surface area contributed by atoms with Gasteiger partial charge in [0.05, 0.1) is 13.2 Å². The van der Waals surface area contributed by atoms with Gasteiger partial charge in [0.25, 0.3) is 5.91 Å². The third-order valence-corrected chi connectivity index (χ3v) is 6.38. The van der Waals surface area contributed by atoms with Gasteiger partial charge in [0.15, 0.2) is 0 Å². The second-order valence-corrected chi connectivity index (χ2v) is 9.03. The average Bonchev–Trinajstić information content (AvgIpc) is 3.02. The van der Waals surface area contributed by atoms with Crippen LogP contribution in [0.25, 0.3) is 0 Å². The number of halogens is 3. The third-order valence-electron chi connectivity index (χ3n) is 6.38. The minimum absolute atomic E-state index is 0.140. The van der Waals surface area contributed by atoms with E-state index in [2.05, 4.69) is 16.0 Å². The fourth-order valence-corrected chi connectivity index (χ4v) is 4.44. The number of carboxylic acid groups (broad SMARTS) is 1. The van der Waals surface area contributed by atoms with Crippen molar-refractivity contribution in [1.82, 2.24) is 14.8 Å². The number of aromatic nitrogens is 1. The van der Waals surface area contributed by atoms with Crippen molar-refractivity contribution in [3.63, 3.8) is 0 Å². The number of carbonyl (C=O) groups excluding carboxylic acids is 1. The molecule has 0 atom stereocenters. The molecule has 1 aromatic carbocycles. The van der Waals surface area contributed by atoms with Crippen LogP contribution in [-0.2, 0) is 16.1 Å². The quantitative estimate of drug-likeness (QED) is 0.701. The Kier molecular flexibility index (Phi) is 8.85. The van der Waals surface area contributed by atoms with Crippen LogP contribution in [0.4, 0.5) is 13.2 Å². The van der Waals surface area contributed by atoms with E-state index in [9.17, 15) is 18.0 Å². The second kappa shape index (κ2) is 11.6. The summed E-state index contributed by atoms with van der Waals surface area (Å²) in [5, 5.41) is 7.12. The van der Waals surface area contributed by atoms with Crippen LogP contribution in [0.1, 0.15) is 34.3 Å². The van der Waals surface area contributed by atoms with Crippen molar-refractivity contribution < 1.29 is 32.6 Å². The Morgan fingerprint density at radius 3 is 2.40 bits per heavy atom. The van der Waals surface area contributed by atoms with E-state index >= 15 is 0 Å². The number of carbonyl (C=O) groups is 2. The summed E-state index contributed by atoms with van der Waals surface area (Å²) in [6.07, 6.45) is 0.669. The SMILES string of the molecule is Cc1ccccc1C(=O)N1CCC2(CC1)COCCN(Cc1cccnc1)C2.O=C(O)C(F)(F)F. The number of piperidine rings is 1. The fourth-order valence-electron chi connectivity index (χ4n) is 4.44. The maximum absolute atomic E-state index is 12.9. The van der Waals surface area contributed by atoms with Crippen LogP contribution in [0.3, 0.4) is 0 Å². The average molecular weight is 494 g/mol. The summed E-state index contributed by atoms with van der Waals surface area (Å²) in [6.45, 7) is 8.06. The highest BCUT2D eigenvalue weighted by atomic mass is 19.4. The molecule has 4 rings (SSSR count). The summed E-state index contributed by atoms with van der Waals surface area (Å²) in [4.78, 5) is 30.6. The van der Waals surface area contributed by atoms with E-state index in [-0.39, 0.29) is 11.3 Å². The first kappa shape index (κ1) is 26.6. The van der Waals surface area contributed by atoms with Gasteiger partial charge in [0, 0.05) is 56.1 Å². The molecule has 2 aromatic rings. The number of carboxylic acids is 1. The number of aryl methyl sites for hydroxylation is 1. The molecule has 0 saturated carbocycles. The van der Waals surface area contributed by atoms with Gasteiger partial charge in [-0.1, -0.05) is 24.3 Å².